The minimum atomic E-state index is 0. The van der Waals surface area contributed by atoms with Crippen LogP contribution in [-0.2, 0) is 38.0 Å². The Balaban J connectivity index is 0.000000569. The van der Waals surface area contributed by atoms with Crippen molar-refractivity contribution in [3.63, 3.8) is 0 Å². The molecule has 1 aliphatic carbocycles. The summed E-state index contributed by atoms with van der Waals surface area (Å²) in [5.74, 6) is 0. The van der Waals surface area contributed by atoms with Crippen LogP contribution in [-0.4, -0.2) is 0 Å². The Labute approximate surface area is 215 Å². The molecule has 0 nitrogen and oxygen atoms in total. The second-order valence-electron chi connectivity index (χ2n) is 8.97. The maximum absolute atomic E-state index is 3.61. The van der Waals surface area contributed by atoms with E-state index in [-0.39, 0.29) is 56.4 Å². The third-order valence-electron chi connectivity index (χ3n) is 6.32. The largest absolute Gasteiger partial charge is 4.00 e. The zero-order valence-electron chi connectivity index (χ0n) is 19.4. The van der Waals surface area contributed by atoms with Gasteiger partial charge in [-0.2, -0.15) is 51.6 Å². The number of hydrogen-bond donors (Lipinski definition) is 0. The molecule has 0 radical (unpaired) electrons. The fourth-order valence-corrected chi connectivity index (χ4v) is 3.90. The number of rotatable bonds is 0. The Hall–Kier alpha value is -0.747. The fraction of sp³-hybridized carbons (Fsp3) is 0.370. The number of benzene rings is 2. The monoisotopic (exact) mass is 516 g/mol. The zero-order valence-corrected chi connectivity index (χ0v) is 23.4. The first-order chi connectivity index (χ1) is 12.6. The molecule has 3 aromatic rings. The summed E-state index contributed by atoms with van der Waals surface area (Å²) in [6, 6.07) is 16.8. The predicted molar refractivity (Wildman–Crippen MR) is 118 cm³/mol. The zero-order chi connectivity index (χ0) is 19.9. The maximum atomic E-state index is 3.61. The minimum absolute atomic E-state index is 0. The molecule has 0 bridgehead atoms. The third kappa shape index (κ3) is 5.73. The van der Waals surface area contributed by atoms with Gasteiger partial charge in [0.05, 0.1) is 0 Å². The van der Waals surface area contributed by atoms with Gasteiger partial charge in [0, 0.05) is 0 Å². The molecule has 158 valence electrons. The second-order valence-corrected chi connectivity index (χ2v) is 8.97. The summed E-state index contributed by atoms with van der Waals surface area (Å²) in [5.41, 5.74) is 14.4. The molecule has 0 aliphatic heterocycles. The molecule has 0 fully saturated rings. The average molecular weight is 519 g/mol. The smallest absolute Gasteiger partial charge is 1.00 e. The molecule has 0 N–H and O–H groups in total. The van der Waals surface area contributed by atoms with Crippen molar-refractivity contribution in [2.24, 2.45) is 0 Å². The molecule has 0 unspecified atom stereocenters. The molecule has 1 aliphatic rings. The van der Waals surface area contributed by atoms with Crippen molar-refractivity contribution in [2.45, 2.75) is 67.2 Å². The third-order valence-corrected chi connectivity index (χ3v) is 6.32. The molecule has 0 spiro atoms. The van der Waals surface area contributed by atoms with Crippen LogP contribution in [0.2, 0.25) is 0 Å². The van der Waals surface area contributed by atoms with Crippen LogP contribution < -0.4 is 24.8 Å². The van der Waals surface area contributed by atoms with Crippen molar-refractivity contribution in [3.05, 3.63) is 87.0 Å². The van der Waals surface area contributed by atoms with Gasteiger partial charge in [-0.25, -0.2) is 0 Å². The first-order valence-corrected chi connectivity index (χ1v) is 9.95. The van der Waals surface area contributed by atoms with Gasteiger partial charge in [-0.15, -0.1) is 11.1 Å². The topological polar surface area (TPSA) is 0 Å². The van der Waals surface area contributed by atoms with E-state index in [0.717, 1.165) is 6.42 Å². The van der Waals surface area contributed by atoms with Crippen LogP contribution in [0.5, 0.6) is 0 Å². The molecule has 3 aromatic carbocycles. The number of hydrogen-bond acceptors (Lipinski definition) is 0. The van der Waals surface area contributed by atoms with Gasteiger partial charge in [0.15, 0.2) is 0 Å². The van der Waals surface area contributed by atoms with Gasteiger partial charge in [0.25, 0.3) is 0 Å². The summed E-state index contributed by atoms with van der Waals surface area (Å²) in [4.78, 5) is 0. The van der Waals surface area contributed by atoms with Crippen LogP contribution in [0.1, 0.15) is 65.3 Å². The predicted octanol–water partition coefficient (Wildman–Crippen LogP) is 1.31. The summed E-state index contributed by atoms with van der Waals surface area (Å²) < 4.78 is 0. The Morgan fingerprint density at radius 2 is 1.33 bits per heavy atom. The Morgan fingerprint density at radius 1 is 0.800 bits per heavy atom. The van der Waals surface area contributed by atoms with E-state index >= 15 is 0 Å². The summed E-state index contributed by atoms with van der Waals surface area (Å²) in [6.45, 7) is 17.7. The van der Waals surface area contributed by atoms with E-state index in [1.165, 1.54) is 55.6 Å². The molecule has 0 saturated carbocycles. The SMILES string of the molecule is CC(C)(C)c1[c-]c2c(cc1)-c1ccccc1C2.Cc1c(C)c(C)[c-](C)c1C.[Cl-].[Cl-].[Zr+4]. The van der Waals surface area contributed by atoms with Gasteiger partial charge in [0.2, 0.25) is 0 Å². The van der Waals surface area contributed by atoms with E-state index in [2.05, 4.69) is 97.9 Å². The van der Waals surface area contributed by atoms with Crippen LogP contribution in [0, 0.1) is 40.7 Å². The quantitative estimate of drug-likeness (QED) is 0.308. The maximum Gasteiger partial charge on any atom is 4.00 e. The Morgan fingerprint density at radius 3 is 1.80 bits per heavy atom. The van der Waals surface area contributed by atoms with E-state index < -0.39 is 0 Å². The summed E-state index contributed by atoms with van der Waals surface area (Å²) in [7, 11) is 0. The standard InChI is InChI=1S/C17H17.C10H15.2ClH.Zr/c1-17(2,3)14-8-9-16-13(11-14)10-12-6-4-5-7-15(12)16;1-6-7(2)9(4)10(5)8(6)3;;;/h4-9H,10H2,1-3H3;1-5H3;2*1H;/q2*-1;;;+4/p-2. The van der Waals surface area contributed by atoms with E-state index in [4.69, 9.17) is 0 Å². The van der Waals surface area contributed by atoms with Crippen LogP contribution in [0.4, 0.5) is 0 Å². The first-order valence-electron chi connectivity index (χ1n) is 9.95. The fourth-order valence-electron chi connectivity index (χ4n) is 3.90. The molecule has 0 aromatic heterocycles. The number of halogens is 2. The van der Waals surface area contributed by atoms with Crippen molar-refractivity contribution in [3.8, 4) is 11.1 Å². The molecule has 3 heteroatoms. The van der Waals surface area contributed by atoms with Crippen LogP contribution in [0.15, 0.2) is 36.4 Å². The molecule has 0 atom stereocenters. The van der Waals surface area contributed by atoms with E-state index in [0.29, 0.717) is 0 Å². The molecule has 0 amide bonds. The van der Waals surface area contributed by atoms with Crippen LogP contribution >= 0.6 is 0 Å². The van der Waals surface area contributed by atoms with Crippen molar-refractivity contribution >= 4 is 0 Å². The van der Waals surface area contributed by atoms with Gasteiger partial charge in [0.1, 0.15) is 0 Å². The van der Waals surface area contributed by atoms with Crippen LogP contribution in [0.3, 0.4) is 0 Å². The summed E-state index contributed by atoms with van der Waals surface area (Å²) in [5, 5.41) is 0. The molecular formula is C27H32Cl2Zr. The van der Waals surface area contributed by atoms with Gasteiger partial charge >= 0.3 is 26.2 Å². The van der Waals surface area contributed by atoms with E-state index in [1.807, 2.05) is 0 Å². The van der Waals surface area contributed by atoms with Crippen molar-refractivity contribution in [1.82, 2.24) is 0 Å². The average Bonchev–Trinajstić information content (AvgIpc) is 3.09. The van der Waals surface area contributed by atoms with Gasteiger partial charge in [-0.05, 0) is 11.8 Å². The van der Waals surface area contributed by atoms with E-state index in [1.54, 1.807) is 0 Å². The minimum Gasteiger partial charge on any atom is -1.00 e. The molecule has 4 rings (SSSR count). The Kier molecular flexibility index (Phi) is 10.9. The molecule has 30 heavy (non-hydrogen) atoms. The normalized spacial score (nSPS) is 11.1. The van der Waals surface area contributed by atoms with Crippen molar-refractivity contribution in [1.29, 1.82) is 0 Å². The summed E-state index contributed by atoms with van der Waals surface area (Å²) in [6.07, 6.45) is 1.04. The van der Waals surface area contributed by atoms with E-state index in [9.17, 15) is 0 Å². The molecule has 0 heterocycles. The Bertz CT molecular complexity index is 911. The van der Waals surface area contributed by atoms with Gasteiger partial charge < -0.3 is 24.8 Å². The van der Waals surface area contributed by atoms with Gasteiger partial charge in [-0.3, -0.25) is 0 Å². The van der Waals surface area contributed by atoms with Crippen molar-refractivity contribution in [2.75, 3.05) is 0 Å². The van der Waals surface area contributed by atoms with Crippen LogP contribution in [0.25, 0.3) is 11.1 Å². The first kappa shape index (κ1) is 29.3. The summed E-state index contributed by atoms with van der Waals surface area (Å²) >= 11 is 0. The molecule has 0 saturated heterocycles. The second kappa shape index (κ2) is 11.2. The number of fused-ring (bicyclic) bond motifs is 3. The molecular weight excluding hydrogens is 486 g/mol. The van der Waals surface area contributed by atoms with Crippen molar-refractivity contribution < 1.29 is 51.0 Å². The van der Waals surface area contributed by atoms with Gasteiger partial charge in [-0.1, -0.05) is 90.8 Å².